The van der Waals surface area contributed by atoms with E-state index in [1.54, 1.807) is 19.1 Å². The van der Waals surface area contributed by atoms with E-state index in [4.69, 9.17) is 21.1 Å². The molecule has 28 heavy (non-hydrogen) atoms. The average Bonchev–Trinajstić information content (AvgIpc) is 3.27. The second kappa shape index (κ2) is 7.75. The summed E-state index contributed by atoms with van der Waals surface area (Å²) in [5.41, 5.74) is 3.79. The first kappa shape index (κ1) is 18.7. The van der Waals surface area contributed by atoms with Gasteiger partial charge in [-0.3, -0.25) is 9.89 Å². The topological polar surface area (TPSA) is 67.5 Å². The summed E-state index contributed by atoms with van der Waals surface area (Å²) in [7, 11) is 3.10. The largest absolute Gasteiger partial charge is 0.354 e. The zero-order valence-corrected chi connectivity index (χ0v) is 16.3. The minimum Gasteiger partial charge on any atom is -0.354 e. The predicted octanol–water partition coefficient (Wildman–Crippen LogP) is 3.89. The number of carbonyl (C=O) groups excluding carboxylic acids is 1. The van der Waals surface area contributed by atoms with Crippen molar-refractivity contribution in [2.24, 2.45) is 0 Å². The Bertz CT molecular complexity index is 986. The van der Waals surface area contributed by atoms with Crippen LogP contribution in [0.5, 0.6) is 0 Å². The molecule has 0 spiro atoms. The van der Waals surface area contributed by atoms with Gasteiger partial charge in [0.25, 0.3) is 5.91 Å². The highest BCUT2D eigenvalue weighted by Crippen LogP contribution is 2.44. The molecule has 144 valence electrons. The van der Waals surface area contributed by atoms with Crippen molar-refractivity contribution >= 4 is 17.5 Å². The molecule has 4 rings (SSSR count). The first-order valence-corrected chi connectivity index (χ1v) is 9.28. The number of H-pyrrole nitrogens is 1. The number of rotatable bonds is 6. The van der Waals surface area contributed by atoms with Crippen LogP contribution in [-0.4, -0.2) is 48.1 Å². The summed E-state index contributed by atoms with van der Waals surface area (Å²) in [5, 5.41) is 7.95. The van der Waals surface area contributed by atoms with E-state index in [0.29, 0.717) is 10.7 Å². The Morgan fingerprint density at radius 2 is 1.79 bits per heavy atom. The lowest BCUT2D eigenvalue weighted by molar-refractivity contribution is -0.113. The van der Waals surface area contributed by atoms with E-state index >= 15 is 0 Å². The van der Waals surface area contributed by atoms with Crippen LogP contribution in [0.4, 0.5) is 0 Å². The molecule has 1 N–H and O–H groups in total. The molecule has 2 heterocycles. The molecule has 7 heteroatoms. The third-order valence-corrected chi connectivity index (χ3v) is 5.33. The summed E-state index contributed by atoms with van der Waals surface area (Å²) >= 11 is 6.52. The van der Waals surface area contributed by atoms with Crippen LogP contribution < -0.4 is 0 Å². The van der Waals surface area contributed by atoms with Crippen LogP contribution in [0.3, 0.4) is 0 Å². The molecule has 3 aromatic rings. The SMILES string of the molecule is COC(CN1C(=O)c2[nH]nc(-c3ccccc3)c2C1c1ccccc1Cl)OC. The third kappa shape index (κ3) is 3.09. The van der Waals surface area contributed by atoms with Crippen molar-refractivity contribution in [3.05, 3.63) is 76.4 Å². The fraction of sp³-hybridized carbons (Fsp3) is 0.238. The van der Waals surface area contributed by atoms with Gasteiger partial charge in [-0.15, -0.1) is 0 Å². The van der Waals surface area contributed by atoms with Gasteiger partial charge in [0.05, 0.1) is 18.3 Å². The normalized spacial score (nSPS) is 16.1. The van der Waals surface area contributed by atoms with Gasteiger partial charge in [0.1, 0.15) is 5.69 Å². The summed E-state index contributed by atoms with van der Waals surface area (Å²) in [6.07, 6.45) is -0.550. The van der Waals surface area contributed by atoms with Crippen molar-refractivity contribution in [3.63, 3.8) is 0 Å². The number of aromatic amines is 1. The molecular formula is C21H20ClN3O3. The molecule has 0 radical (unpaired) electrons. The first-order valence-electron chi connectivity index (χ1n) is 8.90. The van der Waals surface area contributed by atoms with Crippen molar-refractivity contribution in [2.45, 2.75) is 12.3 Å². The van der Waals surface area contributed by atoms with E-state index in [-0.39, 0.29) is 12.5 Å². The number of hydrogen-bond donors (Lipinski definition) is 1. The average molecular weight is 398 g/mol. The van der Waals surface area contributed by atoms with Gasteiger partial charge in [0.15, 0.2) is 6.29 Å². The number of amides is 1. The van der Waals surface area contributed by atoms with E-state index in [1.165, 1.54) is 0 Å². The lowest BCUT2D eigenvalue weighted by atomic mass is 9.96. The summed E-state index contributed by atoms with van der Waals surface area (Å²) in [5.74, 6) is -0.159. The number of carbonyl (C=O) groups is 1. The Kier molecular flexibility index (Phi) is 5.17. The zero-order chi connectivity index (χ0) is 19.7. The number of benzene rings is 2. The Labute approximate surface area is 168 Å². The van der Waals surface area contributed by atoms with Crippen molar-refractivity contribution in [3.8, 4) is 11.3 Å². The summed E-state index contributed by atoms with van der Waals surface area (Å²) in [6.45, 7) is 0.262. The van der Waals surface area contributed by atoms with Crippen LogP contribution in [0.1, 0.15) is 27.7 Å². The maximum absolute atomic E-state index is 13.2. The molecule has 0 fully saturated rings. The molecule has 1 aliphatic heterocycles. The third-order valence-electron chi connectivity index (χ3n) is 4.98. The first-order chi connectivity index (χ1) is 13.7. The van der Waals surface area contributed by atoms with Gasteiger partial charge >= 0.3 is 0 Å². The number of fused-ring (bicyclic) bond motifs is 1. The van der Waals surface area contributed by atoms with Crippen molar-refractivity contribution in [2.75, 3.05) is 20.8 Å². The molecular weight excluding hydrogens is 378 g/mol. The van der Waals surface area contributed by atoms with Crippen LogP contribution in [0.2, 0.25) is 5.02 Å². The Hall–Kier alpha value is -2.67. The van der Waals surface area contributed by atoms with Gasteiger partial charge in [0.2, 0.25) is 0 Å². The second-order valence-corrected chi connectivity index (χ2v) is 6.92. The molecule has 1 atom stereocenters. The van der Waals surface area contributed by atoms with Gasteiger partial charge in [0, 0.05) is 30.4 Å². The molecule has 6 nitrogen and oxygen atoms in total. The quantitative estimate of drug-likeness (QED) is 0.641. The number of ether oxygens (including phenoxy) is 2. The molecule has 2 aromatic carbocycles. The van der Waals surface area contributed by atoms with Crippen LogP contribution in [0.25, 0.3) is 11.3 Å². The minimum atomic E-state index is -0.550. The molecule has 0 aliphatic carbocycles. The molecule has 1 amide bonds. The standard InChI is InChI=1S/C21H20ClN3O3/c1-27-16(28-2)12-25-20(14-10-6-7-11-15(14)22)17-18(13-8-4-3-5-9-13)23-24-19(17)21(25)26/h3-11,16,20H,12H2,1-2H3,(H,23,24). The molecule has 0 saturated heterocycles. The van der Waals surface area contributed by atoms with Gasteiger partial charge in [-0.2, -0.15) is 5.10 Å². The van der Waals surface area contributed by atoms with E-state index in [2.05, 4.69) is 10.2 Å². The molecule has 1 unspecified atom stereocenters. The van der Waals surface area contributed by atoms with E-state index < -0.39 is 12.3 Å². The van der Waals surface area contributed by atoms with Gasteiger partial charge in [-0.1, -0.05) is 60.1 Å². The fourth-order valence-electron chi connectivity index (χ4n) is 3.63. The zero-order valence-electron chi connectivity index (χ0n) is 15.6. The molecule has 0 bridgehead atoms. The van der Waals surface area contributed by atoms with E-state index in [9.17, 15) is 4.79 Å². The van der Waals surface area contributed by atoms with Crippen LogP contribution in [-0.2, 0) is 9.47 Å². The maximum atomic E-state index is 13.2. The fourth-order valence-corrected chi connectivity index (χ4v) is 3.87. The number of methoxy groups -OCH3 is 2. The van der Waals surface area contributed by atoms with Crippen LogP contribution in [0.15, 0.2) is 54.6 Å². The van der Waals surface area contributed by atoms with Gasteiger partial charge < -0.3 is 14.4 Å². The summed E-state index contributed by atoms with van der Waals surface area (Å²) in [4.78, 5) is 14.9. The number of hydrogen-bond acceptors (Lipinski definition) is 4. The molecule has 1 aromatic heterocycles. The van der Waals surface area contributed by atoms with E-state index in [1.807, 2.05) is 54.6 Å². The number of aromatic nitrogens is 2. The van der Waals surface area contributed by atoms with Crippen molar-refractivity contribution < 1.29 is 14.3 Å². The smallest absolute Gasteiger partial charge is 0.273 e. The lowest BCUT2D eigenvalue weighted by Crippen LogP contribution is -2.38. The highest BCUT2D eigenvalue weighted by atomic mass is 35.5. The monoisotopic (exact) mass is 397 g/mol. The Balaban J connectivity index is 1.87. The van der Waals surface area contributed by atoms with Gasteiger partial charge in [-0.05, 0) is 11.6 Å². The summed E-state index contributed by atoms with van der Waals surface area (Å²) in [6, 6.07) is 16.9. The highest BCUT2D eigenvalue weighted by Gasteiger charge is 2.43. The molecule has 0 saturated carbocycles. The minimum absolute atomic E-state index is 0.159. The second-order valence-electron chi connectivity index (χ2n) is 6.51. The number of halogens is 1. The number of nitrogens with zero attached hydrogens (tertiary/aromatic N) is 2. The van der Waals surface area contributed by atoms with Crippen molar-refractivity contribution in [1.82, 2.24) is 15.1 Å². The van der Waals surface area contributed by atoms with Gasteiger partial charge in [-0.25, -0.2) is 0 Å². The maximum Gasteiger partial charge on any atom is 0.273 e. The van der Waals surface area contributed by atoms with E-state index in [0.717, 1.165) is 22.4 Å². The Morgan fingerprint density at radius 1 is 1.11 bits per heavy atom. The van der Waals surface area contributed by atoms with Crippen LogP contribution in [0, 0.1) is 0 Å². The molecule has 1 aliphatic rings. The predicted molar refractivity (Wildman–Crippen MR) is 106 cm³/mol. The highest BCUT2D eigenvalue weighted by molar-refractivity contribution is 6.31. The lowest BCUT2D eigenvalue weighted by Gasteiger charge is -2.29. The summed E-state index contributed by atoms with van der Waals surface area (Å²) < 4.78 is 10.7. The Morgan fingerprint density at radius 3 is 2.46 bits per heavy atom. The van der Waals surface area contributed by atoms with Crippen LogP contribution >= 0.6 is 11.6 Å². The van der Waals surface area contributed by atoms with Crippen molar-refractivity contribution in [1.29, 1.82) is 0 Å². The number of nitrogens with one attached hydrogen (secondary N) is 1.